The van der Waals surface area contributed by atoms with Crippen LogP contribution in [0.15, 0.2) is 203 Å². The third-order valence-electron chi connectivity index (χ3n) is 12.8. The van der Waals surface area contributed by atoms with Crippen LogP contribution < -0.4 is 0 Å². The summed E-state index contributed by atoms with van der Waals surface area (Å²) >= 11 is 0. The Balaban J connectivity index is 1.04. The Morgan fingerprint density at radius 1 is 0.333 bits per heavy atom. The van der Waals surface area contributed by atoms with Gasteiger partial charge in [-0.2, -0.15) is 0 Å². The van der Waals surface area contributed by atoms with E-state index in [1.165, 1.54) is 32.3 Å². The Labute approximate surface area is 358 Å². The molecule has 0 aliphatic carbocycles. The number of nitrogens with zero attached hydrogens (tertiary/aromatic N) is 4. The van der Waals surface area contributed by atoms with Crippen LogP contribution in [0.3, 0.4) is 0 Å². The minimum absolute atomic E-state index is 0.571. The summed E-state index contributed by atoms with van der Waals surface area (Å²) in [6, 6.07) is 68.1. The molecule has 10 aromatic carbocycles. The molecule has 4 aromatic heterocycles. The molecule has 6 heteroatoms. The third kappa shape index (κ3) is 5.03. The van der Waals surface area contributed by atoms with Crippen LogP contribution in [0.25, 0.3) is 138 Å². The van der Waals surface area contributed by atoms with Crippen molar-refractivity contribution in [3.05, 3.63) is 194 Å². The molecule has 0 atom stereocenters. The zero-order valence-corrected chi connectivity index (χ0v) is 33.6. The largest absolute Gasteiger partial charge is 0.456 e. The maximum Gasteiger partial charge on any atom is 0.164 e. The van der Waals surface area contributed by atoms with Gasteiger partial charge < -0.3 is 13.4 Å². The molecule has 0 aliphatic rings. The van der Waals surface area contributed by atoms with Crippen molar-refractivity contribution in [2.45, 2.75) is 0 Å². The average molecular weight is 805 g/mol. The molecule has 0 aliphatic heterocycles. The minimum Gasteiger partial charge on any atom is -0.456 e. The first kappa shape index (κ1) is 34.1. The summed E-state index contributed by atoms with van der Waals surface area (Å²) in [6.45, 7) is 0. The van der Waals surface area contributed by atoms with Gasteiger partial charge >= 0.3 is 0 Å². The lowest BCUT2D eigenvalue weighted by Gasteiger charge is -2.13. The van der Waals surface area contributed by atoms with Crippen LogP contribution in [0.2, 0.25) is 0 Å². The number of para-hydroxylation sites is 1. The van der Waals surface area contributed by atoms with E-state index in [9.17, 15) is 0 Å². The van der Waals surface area contributed by atoms with E-state index in [1.807, 2.05) is 66.7 Å². The highest BCUT2D eigenvalue weighted by Gasteiger charge is 2.22. The number of aromatic nitrogens is 4. The van der Waals surface area contributed by atoms with Crippen LogP contribution in [0.5, 0.6) is 0 Å². The molecule has 0 N–H and O–H groups in total. The predicted molar refractivity (Wildman–Crippen MR) is 258 cm³/mol. The van der Waals surface area contributed by atoms with E-state index in [0.717, 1.165) is 88.1 Å². The molecule has 0 saturated carbocycles. The Morgan fingerprint density at radius 3 is 1.86 bits per heavy atom. The molecule has 292 valence electrons. The molecular weight excluding hydrogens is 773 g/mol. The van der Waals surface area contributed by atoms with Crippen LogP contribution in [0, 0.1) is 0 Å². The SMILES string of the molecule is c1ccc(-c2nc(-c3ccc4oc5c6ccccc6c(-n6c7cc8ccccc8cc7c7c8ccccc8ccc76)cc5c4c3)nc(-c3cccc4oc5ccccc5c34)n2)cc1. The van der Waals surface area contributed by atoms with Gasteiger partial charge in [0.05, 0.1) is 16.7 Å². The molecule has 0 radical (unpaired) electrons. The Bertz CT molecular complexity index is 4220. The smallest absolute Gasteiger partial charge is 0.164 e. The topological polar surface area (TPSA) is 69.9 Å². The van der Waals surface area contributed by atoms with E-state index < -0.39 is 0 Å². The quantitative estimate of drug-likeness (QED) is 0.177. The zero-order chi connectivity index (χ0) is 41.2. The summed E-state index contributed by atoms with van der Waals surface area (Å²) in [7, 11) is 0. The van der Waals surface area contributed by atoms with Gasteiger partial charge in [-0.05, 0) is 76.1 Å². The maximum atomic E-state index is 6.81. The molecule has 6 nitrogen and oxygen atoms in total. The van der Waals surface area contributed by atoms with Crippen LogP contribution >= 0.6 is 0 Å². The Hall–Kier alpha value is -8.61. The van der Waals surface area contributed by atoms with Crippen molar-refractivity contribution >= 4 is 98.0 Å². The van der Waals surface area contributed by atoms with Crippen molar-refractivity contribution in [3.63, 3.8) is 0 Å². The second-order valence-electron chi connectivity index (χ2n) is 16.3. The molecule has 14 rings (SSSR count). The van der Waals surface area contributed by atoms with E-state index in [0.29, 0.717) is 17.5 Å². The molecular formula is C57H32N4O2. The average Bonchev–Trinajstić information content (AvgIpc) is 4.02. The van der Waals surface area contributed by atoms with Gasteiger partial charge in [0.15, 0.2) is 17.5 Å². The number of hydrogen-bond donors (Lipinski definition) is 0. The van der Waals surface area contributed by atoms with Crippen molar-refractivity contribution in [3.8, 4) is 39.9 Å². The van der Waals surface area contributed by atoms with Gasteiger partial charge in [-0.1, -0.05) is 140 Å². The van der Waals surface area contributed by atoms with Crippen LogP contribution in [0.4, 0.5) is 0 Å². The first-order chi connectivity index (χ1) is 31.2. The van der Waals surface area contributed by atoms with Crippen LogP contribution in [-0.4, -0.2) is 19.5 Å². The van der Waals surface area contributed by atoms with Crippen molar-refractivity contribution in [2.75, 3.05) is 0 Å². The fraction of sp³-hybridized carbons (Fsp3) is 0. The number of hydrogen-bond acceptors (Lipinski definition) is 5. The standard InChI is InChI=1S/C57H32N4O2/c1-2-14-34(15-3-1)55-58-56(60-57(59-55)42-22-12-24-51-53(42)41-21-10-11-23-49(41)62-51)37-26-28-50-43(30-37)44-32-48(39-19-8-9-20-40(39)54(44)63-50)61-46-27-25-33-13-6-7-18-38(33)52(46)45-29-35-16-4-5-17-36(35)31-47(45)61/h1-32H. The first-order valence-electron chi connectivity index (χ1n) is 21.2. The predicted octanol–water partition coefficient (Wildman–Crippen LogP) is 15.2. The second-order valence-corrected chi connectivity index (χ2v) is 16.3. The van der Waals surface area contributed by atoms with Crippen molar-refractivity contribution in [1.29, 1.82) is 0 Å². The molecule has 14 aromatic rings. The molecule has 63 heavy (non-hydrogen) atoms. The summed E-state index contributed by atoms with van der Waals surface area (Å²) in [5.74, 6) is 1.74. The summed E-state index contributed by atoms with van der Waals surface area (Å²) in [5.41, 5.74) is 9.31. The molecule has 4 heterocycles. The summed E-state index contributed by atoms with van der Waals surface area (Å²) < 4.78 is 15.6. The monoisotopic (exact) mass is 804 g/mol. The number of furan rings is 2. The second kappa shape index (κ2) is 12.9. The van der Waals surface area contributed by atoms with Crippen molar-refractivity contribution < 1.29 is 8.83 Å². The van der Waals surface area contributed by atoms with Crippen molar-refractivity contribution in [1.82, 2.24) is 19.5 Å². The fourth-order valence-electron chi connectivity index (χ4n) is 9.94. The number of fused-ring (bicyclic) bond motifs is 14. The molecule has 0 saturated heterocycles. The summed E-state index contributed by atoms with van der Waals surface area (Å²) in [6.07, 6.45) is 0. The lowest BCUT2D eigenvalue weighted by molar-refractivity contribution is 0.669. The van der Waals surface area contributed by atoms with E-state index in [-0.39, 0.29) is 0 Å². The molecule has 0 fully saturated rings. The van der Waals surface area contributed by atoms with Gasteiger partial charge in [-0.25, -0.2) is 15.0 Å². The van der Waals surface area contributed by atoms with Crippen LogP contribution in [-0.2, 0) is 0 Å². The first-order valence-corrected chi connectivity index (χ1v) is 21.2. The summed E-state index contributed by atoms with van der Waals surface area (Å²) in [4.78, 5) is 15.5. The molecule has 0 bridgehead atoms. The van der Waals surface area contributed by atoms with Gasteiger partial charge in [0.1, 0.15) is 22.3 Å². The minimum atomic E-state index is 0.571. The highest BCUT2D eigenvalue weighted by molar-refractivity contribution is 6.25. The van der Waals surface area contributed by atoms with Gasteiger partial charge in [0, 0.05) is 59.8 Å². The lowest BCUT2D eigenvalue weighted by Crippen LogP contribution is -2.00. The molecule has 0 unspecified atom stereocenters. The highest BCUT2D eigenvalue weighted by Crippen LogP contribution is 2.44. The summed E-state index contributed by atoms with van der Waals surface area (Å²) in [5, 5.41) is 13.5. The van der Waals surface area contributed by atoms with E-state index >= 15 is 0 Å². The Kier molecular flexibility index (Phi) is 7.02. The van der Waals surface area contributed by atoms with E-state index in [2.05, 4.69) is 132 Å². The van der Waals surface area contributed by atoms with Gasteiger partial charge in [-0.3, -0.25) is 0 Å². The van der Waals surface area contributed by atoms with Gasteiger partial charge in [0.25, 0.3) is 0 Å². The van der Waals surface area contributed by atoms with Gasteiger partial charge in [-0.15, -0.1) is 0 Å². The number of benzene rings is 10. The zero-order valence-electron chi connectivity index (χ0n) is 33.6. The van der Waals surface area contributed by atoms with Crippen LogP contribution in [0.1, 0.15) is 0 Å². The molecule has 0 amide bonds. The normalized spacial score (nSPS) is 12.1. The highest BCUT2D eigenvalue weighted by atomic mass is 16.3. The van der Waals surface area contributed by atoms with Crippen molar-refractivity contribution in [2.24, 2.45) is 0 Å². The van der Waals surface area contributed by atoms with E-state index in [1.54, 1.807) is 0 Å². The molecule has 0 spiro atoms. The Morgan fingerprint density at radius 2 is 1.00 bits per heavy atom. The number of rotatable bonds is 4. The fourth-order valence-corrected chi connectivity index (χ4v) is 9.94. The third-order valence-corrected chi connectivity index (χ3v) is 12.8. The lowest BCUT2D eigenvalue weighted by atomic mass is 10.0. The van der Waals surface area contributed by atoms with Gasteiger partial charge in [0.2, 0.25) is 0 Å². The maximum absolute atomic E-state index is 6.81. The van der Waals surface area contributed by atoms with E-state index in [4.69, 9.17) is 23.8 Å².